The first kappa shape index (κ1) is 27.8. The zero-order chi connectivity index (χ0) is 25.0. The molecule has 0 unspecified atom stereocenters. The molecule has 0 aromatic carbocycles. The highest BCUT2D eigenvalue weighted by Gasteiger charge is 2.54. The zero-order valence-corrected chi connectivity index (χ0v) is 20.9. The maximum Gasteiger partial charge on any atom is 0.330 e. The van der Waals surface area contributed by atoms with Crippen LogP contribution in [0.5, 0.6) is 0 Å². The first-order chi connectivity index (χ1) is 15.3. The van der Waals surface area contributed by atoms with E-state index in [1.165, 1.54) is 13.8 Å². The van der Waals surface area contributed by atoms with Crippen LogP contribution in [0.1, 0.15) is 47.3 Å². The predicted molar refractivity (Wildman–Crippen MR) is 122 cm³/mol. The summed E-state index contributed by atoms with van der Waals surface area (Å²) in [4.78, 5) is 37.6. The molecule has 0 aliphatic carbocycles. The smallest absolute Gasteiger partial charge is 0.330 e. The van der Waals surface area contributed by atoms with E-state index < -0.39 is 60.6 Å². The van der Waals surface area contributed by atoms with Crippen LogP contribution in [0.4, 0.5) is 0 Å². The third kappa shape index (κ3) is 7.01. The molecule has 12 nitrogen and oxygen atoms in total. The van der Waals surface area contributed by atoms with E-state index in [1.54, 1.807) is 13.8 Å². The Kier molecular flexibility index (Phi) is 9.51. The Morgan fingerprint density at radius 2 is 2.09 bits per heavy atom. The summed E-state index contributed by atoms with van der Waals surface area (Å²) >= 11 is 0.994. The molecule has 0 radical (unpaired) electrons. The van der Waals surface area contributed by atoms with Gasteiger partial charge in [0.05, 0.1) is 12.7 Å². The molecule has 1 fully saturated rings. The molecule has 1 aromatic heterocycles. The minimum Gasteiger partial charge on any atom is -0.462 e. The van der Waals surface area contributed by atoms with Gasteiger partial charge in [0.2, 0.25) is 0 Å². The number of aromatic amines is 1. The first-order valence-electron chi connectivity index (χ1n) is 10.6. The first-order valence-corrected chi connectivity index (χ1v) is 13.8. The normalized spacial score (nSPS) is 27.9. The van der Waals surface area contributed by atoms with Crippen LogP contribution in [0.15, 0.2) is 21.9 Å². The van der Waals surface area contributed by atoms with Gasteiger partial charge in [0.15, 0.2) is 6.23 Å². The lowest BCUT2D eigenvalue weighted by molar-refractivity contribution is -0.149. The lowest BCUT2D eigenvalue weighted by Gasteiger charge is -2.27. The molecule has 4 N–H and O–H groups in total. The van der Waals surface area contributed by atoms with Gasteiger partial charge in [-0.1, -0.05) is 18.3 Å². The highest BCUT2D eigenvalue weighted by atomic mass is 32.7. The molecule has 0 bridgehead atoms. The SMILES string of the molecule is CCCS[P@@](=O)(N[C@@H](C)C(=O)OC(C)C)OC[C@H]1O[C@@H](n2ccc(=O)[nH]c2=O)[C@](C)(O)[C@@H]1O. The molecule has 0 saturated carbocycles. The predicted octanol–water partition coefficient (Wildman–Crippen LogP) is 0.744. The third-order valence-corrected chi connectivity index (χ3v) is 9.11. The average molecular weight is 510 g/mol. The number of ether oxygens (including phenoxy) is 2. The number of nitrogens with zero attached hydrogens (tertiary/aromatic N) is 1. The summed E-state index contributed by atoms with van der Waals surface area (Å²) in [5.41, 5.74) is -3.37. The van der Waals surface area contributed by atoms with E-state index in [9.17, 15) is 29.2 Å². The lowest BCUT2D eigenvalue weighted by atomic mass is 9.96. The second kappa shape index (κ2) is 11.3. The van der Waals surface area contributed by atoms with Gasteiger partial charge in [-0.2, -0.15) is 0 Å². The van der Waals surface area contributed by atoms with Gasteiger partial charge in [0, 0.05) is 18.0 Å². The van der Waals surface area contributed by atoms with Crippen molar-refractivity contribution in [1.29, 1.82) is 0 Å². The van der Waals surface area contributed by atoms with Crippen LogP contribution in [-0.4, -0.2) is 68.0 Å². The topological polar surface area (TPSA) is 169 Å². The summed E-state index contributed by atoms with van der Waals surface area (Å²) in [6.07, 6.45) is -2.50. The van der Waals surface area contributed by atoms with Gasteiger partial charge in [0.25, 0.3) is 5.56 Å². The highest BCUT2D eigenvalue weighted by molar-refractivity contribution is 8.56. The molecular formula is C19H32N3O9PS. The van der Waals surface area contributed by atoms with Gasteiger partial charge in [-0.3, -0.25) is 23.7 Å². The van der Waals surface area contributed by atoms with Gasteiger partial charge in [-0.05, 0) is 34.1 Å². The van der Waals surface area contributed by atoms with E-state index in [0.717, 1.165) is 28.2 Å². The van der Waals surface area contributed by atoms with Crippen LogP contribution in [-0.2, 0) is 23.4 Å². The molecule has 1 saturated heterocycles. The number of rotatable bonds is 11. The van der Waals surface area contributed by atoms with Crippen LogP contribution < -0.4 is 16.3 Å². The second-order valence-corrected chi connectivity index (χ2v) is 12.6. The van der Waals surface area contributed by atoms with Crippen molar-refractivity contribution in [2.45, 2.75) is 77.2 Å². The Morgan fingerprint density at radius 1 is 1.42 bits per heavy atom. The van der Waals surface area contributed by atoms with E-state index in [4.69, 9.17) is 14.0 Å². The molecule has 188 valence electrons. The quantitative estimate of drug-likeness (QED) is 0.245. The Labute approximate surface area is 195 Å². The maximum absolute atomic E-state index is 13.4. The van der Waals surface area contributed by atoms with Crippen LogP contribution in [0.25, 0.3) is 0 Å². The third-order valence-electron chi connectivity index (χ3n) is 4.79. The molecule has 0 spiro atoms. The fourth-order valence-electron chi connectivity index (χ4n) is 3.11. The number of aliphatic hydroxyl groups excluding tert-OH is 1. The van der Waals surface area contributed by atoms with Crippen LogP contribution >= 0.6 is 18.1 Å². The Morgan fingerprint density at radius 3 is 2.67 bits per heavy atom. The average Bonchev–Trinajstić information content (AvgIpc) is 2.94. The van der Waals surface area contributed by atoms with Crippen molar-refractivity contribution in [2.24, 2.45) is 0 Å². The Balaban J connectivity index is 2.16. The fraction of sp³-hybridized carbons (Fsp3) is 0.737. The van der Waals surface area contributed by atoms with Crippen molar-refractivity contribution < 1.29 is 33.6 Å². The fourth-order valence-corrected chi connectivity index (χ4v) is 7.05. The van der Waals surface area contributed by atoms with Crippen molar-refractivity contribution in [1.82, 2.24) is 14.6 Å². The van der Waals surface area contributed by atoms with E-state index in [1.807, 2.05) is 6.92 Å². The summed E-state index contributed by atoms with van der Waals surface area (Å²) in [6.45, 7) is 4.01. The highest BCUT2D eigenvalue weighted by Crippen LogP contribution is 2.57. The Bertz CT molecular complexity index is 980. The van der Waals surface area contributed by atoms with Crippen molar-refractivity contribution in [3.8, 4) is 0 Å². The van der Waals surface area contributed by atoms with E-state index in [-0.39, 0.29) is 6.10 Å². The number of nitrogens with one attached hydrogen (secondary N) is 2. The summed E-state index contributed by atoms with van der Waals surface area (Å²) in [5, 5.41) is 24.1. The molecular weight excluding hydrogens is 477 g/mol. The Hall–Kier alpha value is -1.47. The van der Waals surface area contributed by atoms with Gasteiger partial charge in [-0.25, -0.2) is 9.88 Å². The number of esters is 1. The van der Waals surface area contributed by atoms with Crippen molar-refractivity contribution in [3.05, 3.63) is 33.1 Å². The molecule has 1 aromatic rings. The zero-order valence-electron chi connectivity index (χ0n) is 19.2. The van der Waals surface area contributed by atoms with Crippen molar-refractivity contribution in [3.63, 3.8) is 0 Å². The molecule has 6 atom stereocenters. The van der Waals surface area contributed by atoms with Crippen LogP contribution in [0, 0.1) is 0 Å². The standard InChI is InChI=1S/C19H32N3O9PS/c1-6-9-33-32(28,21-12(4)16(25)30-11(2)3)29-10-13-15(24)19(5,27)17(31-13)22-8-7-14(23)20-18(22)26/h7-8,11-13,15,17,24,27H,6,9-10H2,1-5H3,(H,21,28)(H,20,23,26)/t12-,13+,15+,17+,19+,32+/m0/s1. The van der Waals surface area contributed by atoms with Gasteiger partial charge >= 0.3 is 18.4 Å². The number of hydrogen-bond donors (Lipinski definition) is 4. The molecule has 14 heteroatoms. The summed E-state index contributed by atoms with van der Waals surface area (Å²) in [7, 11) is 0. The minimum absolute atomic E-state index is 0.345. The molecule has 0 amide bonds. The van der Waals surface area contributed by atoms with Gasteiger partial charge in [-0.15, -0.1) is 0 Å². The number of carbonyl (C=O) groups is 1. The van der Waals surface area contributed by atoms with Crippen molar-refractivity contribution >= 4 is 24.1 Å². The largest absolute Gasteiger partial charge is 0.462 e. The monoisotopic (exact) mass is 509 g/mol. The summed E-state index contributed by atoms with van der Waals surface area (Å²) in [6, 6.07) is 0.154. The van der Waals surface area contributed by atoms with Gasteiger partial charge < -0.3 is 24.2 Å². The number of carbonyl (C=O) groups excluding carboxylic acids is 1. The molecule has 33 heavy (non-hydrogen) atoms. The van der Waals surface area contributed by atoms with Gasteiger partial charge in [0.1, 0.15) is 23.9 Å². The second-order valence-electron chi connectivity index (χ2n) is 8.18. The number of hydrogen-bond acceptors (Lipinski definition) is 10. The number of aliphatic hydroxyl groups is 2. The van der Waals surface area contributed by atoms with Crippen molar-refractivity contribution in [2.75, 3.05) is 12.4 Å². The van der Waals surface area contributed by atoms with Crippen LogP contribution in [0.2, 0.25) is 0 Å². The van der Waals surface area contributed by atoms with Crippen LogP contribution in [0.3, 0.4) is 0 Å². The minimum atomic E-state index is -3.64. The van der Waals surface area contributed by atoms with E-state index in [2.05, 4.69) is 10.1 Å². The molecule has 1 aliphatic heterocycles. The maximum atomic E-state index is 13.4. The number of aromatic nitrogens is 2. The summed E-state index contributed by atoms with van der Waals surface area (Å²) in [5.74, 6) is -0.124. The molecule has 1 aliphatic rings. The molecule has 2 heterocycles. The molecule has 2 rings (SSSR count). The van der Waals surface area contributed by atoms with E-state index >= 15 is 0 Å². The lowest BCUT2D eigenvalue weighted by Crippen LogP contribution is -2.46. The number of H-pyrrole nitrogens is 1. The van der Waals surface area contributed by atoms with E-state index in [0.29, 0.717) is 12.2 Å². The summed E-state index contributed by atoms with van der Waals surface area (Å²) < 4.78 is 30.7.